The van der Waals surface area contributed by atoms with Gasteiger partial charge in [-0.25, -0.2) is 0 Å². The Morgan fingerprint density at radius 2 is 2.08 bits per heavy atom. The van der Waals surface area contributed by atoms with Crippen LogP contribution in [0.1, 0.15) is 44.6 Å². The highest BCUT2D eigenvalue weighted by atomic mass is 16.5. The highest BCUT2D eigenvalue weighted by molar-refractivity contribution is 5.95. The maximum Gasteiger partial charge on any atom is 0.241 e. The van der Waals surface area contributed by atoms with Crippen molar-refractivity contribution >= 4 is 11.6 Å². The Morgan fingerprint density at radius 3 is 2.92 bits per heavy atom. The molecule has 5 nitrogen and oxygen atoms in total. The van der Waals surface area contributed by atoms with Crippen LogP contribution in [-0.4, -0.2) is 37.8 Å². The van der Waals surface area contributed by atoms with Crippen LogP contribution in [0.25, 0.3) is 0 Å². The Balaban J connectivity index is 1.47. The summed E-state index contributed by atoms with van der Waals surface area (Å²) >= 11 is 0. The zero-order valence-corrected chi connectivity index (χ0v) is 15.1. The van der Waals surface area contributed by atoms with Gasteiger partial charge in [0.05, 0.1) is 25.9 Å². The minimum atomic E-state index is -0.0563. The molecule has 25 heavy (non-hydrogen) atoms. The van der Waals surface area contributed by atoms with E-state index in [1.54, 1.807) is 0 Å². The molecular weight excluding hydrogens is 316 g/mol. The number of carbonyl (C=O) groups excluding carboxylic acids is 1. The third-order valence-electron chi connectivity index (χ3n) is 5.22. The highest BCUT2D eigenvalue weighted by Crippen LogP contribution is 2.33. The number of ether oxygens (including phenoxy) is 2. The average molecular weight is 346 g/mol. The molecule has 0 radical (unpaired) electrons. The SMILES string of the molecule is CCOCCOCc1cccc(NC(=O)[C@@H]2C[C@@H]3CCCC[C@H]3N2)c1. The van der Waals surface area contributed by atoms with Crippen molar-refractivity contribution in [2.45, 2.75) is 57.7 Å². The number of amides is 1. The summed E-state index contributed by atoms with van der Waals surface area (Å²) in [4.78, 5) is 12.6. The van der Waals surface area contributed by atoms with Gasteiger partial charge in [0.15, 0.2) is 0 Å². The van der Waals surface area contributed by atoms with E-state index in [0.717, 1.165) is 17.7 Å². The molecule has 5 heteroatoms. The maximum absolute atomic E-state index is 12.6. The van der Waals surface area contributed by atoms with E-state index in [-0.39, 0.29) is 11.9 Å². The van der Waals surface area contributed by atoms with Gasteiger partial charge in [0.25, 0.3) is 0 Å². The van der Waals surface area contributed by atoms with E-state index in [9.17, 15) is 4.79 Å². The van der Waals surface area contributed by atoms with Gasteiger partial charge in [-0.1, -0.05) is 25.0 Å². The van der Waals surface area contributed by atoms with Crippen molar-refractivity contribution < 1.29 is 14.3 Å². The first-order chi connectivity index (χ1) is 12.3. The second-order valence-electron chi connectivity index (χ2n) is 7.05. The van der Waals surface area contributed by atoms with Gasteiger partial charge in [-0.15, -0.1) is 0 Å². The van der Waals surface area contributed by atoms with Gasteiger partial charge >= 0.3 is 0 Å². The van der Waals surface area contributed by atoms with Crippen LogP contribution in [0.4, 0.5) is 5.69 Å². The molecule has 3 rings (SSSR count). The number of benzene rings is 1. The van der Waals surface area contributed by atoms with Gasteiger partial charge in [-0.3, -0.25) is 4.79 Å². The van der Waals surface area contributed by atoms with Gasteiger partial charge in [0.1, 0.15) is 0 Å². The number of carbonyl (C=O) groups is 1. The summed E-state index contributed by atoms with van der Waals surface area (Å²) in [6.07, 6.45) is 6.03. The van der Waals surface area contributed by atoms with Crippen LogP contribution < -0.4 is 10.6 Å². The highest BCUT2D eigenvalue weighted by Gasteiger charge is 2.38. The molecule has 1 saturated carbocycles. The summed E-state index contributed by atoms with van der Waals surface area (Å²) in [5.74, 6) is 0.762. The van der Waals surface area contributed by atoms with Crippen LogP contribution in [0.15, 0.2) is 24.3 Å². The van der Waals surface area contributed by atoms with Gasteiger partial charge in [0, 0.05) is 18.3 Å². The minimum absolute atomic E-state index is 0.0563. The van der Waals surface area contributed by atoms with E-state index in [1.165, 1.54) is 25.7 Å². The van der Waals surface area contributed by atoms with Crippen molar-refractivity contribution in [3.8, 4) is 0 Å². The maximum atomic E-state index is 12.6. The largest absolute Gasteiger partial charge is 0.379 e. The van der Waals surface area contributed by atoms with E-state index >= 15 is 0 Å². The third kappa shape index (κ3) is 5.27. The minimum Gasteiger partial charge on any atom is -0.379 e. The molecule has 1 amide bonds. The predicted molar refractivity (Wildman–Crippen MR) is 98.5 cm³/mol. The first-order valence-electron chi connectivity index (χ1n) is 9.57. The zero-order valence-electron chi connectivity index (χ0n) is 15.1. The number of hydrogen-bond donors (Lipinski definition) is 2. The van der Waals surface area contributed by atoms with E-state index in [2.05, 4.69) is 10.6 Å². The summed E-state index contributed by atoms with van der Waals surface area (Å²) in [7, 11) is 0. The van der Waals surface area contributed by atoms with Gasteiger partial charge in [0.2, 0.25) is 5.91 Å². The normalized spacial score (nSPS) is 25.6. The monoisotopic (exact) mass is 346 g/mol. The Kier molecular flexibility index (Phi) is 6.84. The summed E-state index contributed by atoms with van der Waals surface area (Å²) in [5, 5.41) is 6.59. The molecule has 1 heterocycles. The molecule has 1 aliphatic carbocycles. The fourth-order valence-electron chi connectivity index (χ4n) is 3.94. The molecule has 1 saturated heterocycles. The van der Waals surface area contributed by atoms with Crippen molar-refractivity contribution in [3.63, 3.8) is 0 Å². The third-order valence-corrected chi connectivity index (χ3v) is 5.22. The fourth-order valence-corrected chi connectivity index (χ4v) is 3.94. The molecule has 0 unspecified atom stereocenters. The molecule has 0 spiro atoms. The number of fused-ring (bicyclic) bond motifs is 1. The standard InChI is InChI=1S/C20H30N2O3/c1-2-24-10-11-25-14-15-6-5-8-17(12-15)21-20(23)19-13-16-7-3-4-9-18(16)22-19/h5-6,8,12,16,18-19,22H,2-4,7,9-11,13-14H2,1H3,(H,21,23)/t16-,18+,19-/m0/s1. The van der Waals surface area contributed by atoms with Gasteiger partial charge in [-0.05, 0) is 49.8 Å². The summed E-state index contributed by atoms with van der Waals surface area (Å²) in [6.45, 7) is 4.41. The van der Waals surface area contributed by atoms with Crippen molar-refractivity contribution in [1.82, 2.24) is 5.32 Å². The lowest BCUT2D eigenvalue weighted by Crippen LogP contribution is -2.39. The molecule has 1 aromatic carbocycles. The summed E-state index contributed by atoms with van der Waals surface area (Å²) < 4.78 is 10.9. The molecule has 0 bridgehead atoms. The Labute approximate surface area is 150 Å². The van der Waals surface area contributed by atoms with E-state index in [0.29, 0.717) is 38.4 Å². The lowest BCUT2D eigenvalue weighted by Gasteiger charge is -2.24. The molecule has 1 aromatic rings. The van der Waals surface area contributed by atoms with Crippen molar-refractivity contribution in [2.75, 3.05) is 25.1 Å². The van der Waals surface area contributed by atoms with Crippen molar-refractivity contribution in [3.05, 3.63) is 29.8 Å². The van der Waals surface area contributed by atoms with Crippen molar-refractivity contribution in [1.29, 1.82) is 0 Å². The molecule has 2 aliphatic rings. The molecule has 2 fully saturated rings. The van der Waals surface area contributed by atoms with Crippen LogP contribution in [-0.2, 0) is 20.9 Å². The van der Waals surface area contributed by atoms with Crippen LogP contribution in [0.2, 0.25) is 0 Å². The lowest BCUT2D eigenvalue weighted by molar-refractivity contribution is -0.117. The Morgan fingerprint density at radius 1 is 1.24 bits per heavy atom. The van der Waals surface area contributed by atoms with E-state index in [4.69, 9.17) is 9.47 Å². The molecule has 3 atom stereocenters. The first-order valence-corrected chi connectivity index (χ1v) is 9.57. The Bertz CT molecular complexity index is 550. The number of rotatable bonds is 8. The number of hydrogen-bond acceptors (Lipinski definition) is 4. The van der Waals surface area contributed by atoms with Crippen LogP contribution >= 0.6 is 0 Å². The van der Waals surface area contributed by atoms with Gasteiger partial charge < -0.3 is 20.1 Å². The van der Waals surface area contributed by atoms with Crippen LogP contribution in [0.3, 0.4) is 0 Å². The smallest absolute Gasteiger partial charge is 0.241 e. The summed E-state index contributed by atoms with van der Waals surface area (Å²) in [5.41, 5.74) is 1.90. The lowest BCUT2D eigenvalue weighted by atomic mass is 9.85. The van der Waals surface area contributed by atoms with Crippen molar-refractivity contribution in [2.24, 2.45) is 5.92 Å². The predicted octanol–water partition coefficient (Wildman–Crippen LogP) is 3.10. The second kappa shape index (κ2) is 9.32. The molecule has 138 valence electrons. The Hall–Kier alpha value is -1.43. The average Bonchev–Trinajstić information content (AvgIpc) is 3.06. The molecular formula is C20H30N2O3. The van der Waals surface area contributed by atoms with E-state index < -0.39 is 0 Å². The van der Waals surface area contributed by atoms with Crippen LogP contribution in [0, 0.1) is 5.92 Å². The van der Waals surface area contributed by atoms with Crippen LogP contribution in [0.5, 0.6) is 0 Å². The fraction of sp³-hybridized carbons (Fsp3) is 0.650. The second-order valence-corrected chi connectivity index (χ2v) is 7.05. The molecule has 2 N–H and O–H groups in total. The molecule has 0 aromatic heterocycles. The quantitative estimate of drug-likeness (QED) is 0.710. The van der Waals surface area contributed by atoms with E-state index in [1.807, 2.05) is 31.2 Å². The topological polar surface area (TPSA) is 59.6 Å². The first kappa shape index (κ1) is 18.4. The summed E-state index contributed by atoms with van der Waals surface area (Å²) in [6, 6.07) is 8.37. The zero-order chi connectivity index (χ0) is 17.5. The number of anilines is 1. The van der Waals surface area contributed by atoms with Gasteiger partial charge in [-0.2, -0.15) is 0 Å². The number of nitrogens with one attached hydrogen (secondary N) is 2. The molecule has 1 aliphatic heterocycles.